The molecular weight excluding hydrogens is 398 g/mol. The number of hydrogen-bond acceptors (Lipinski definition) is 5. The van der Waals surface area contributed by atoms with E-state index in [0.717, 1.165) is 33.7 Å². The molecule has 160 valence electrons. The van der Waals surface area contributed by atoms with E-state index in [1.807, 2.05) is 56.5 Å². The molecule has 0 amide bonds. The third-order valence-electron chi connectivity index (χ3n) is 5.71. The summed E-state index contributed by atoms with van der Waals surface area (Å²) in [4.78, 5) is 25.8. The first kappa shape index (κ1) is 22.4. The van der Waals surface area contributed by atoms with Crippen molar-refractivity contribution < 1.29 is 19.4 Å². The van der Waals surface area contributed by atoms with Crippen molar-refractivity contribution in [2.75, 3.05) is 19.3 Å². The lowest BCUT2D eigenvalue weighted by atomic mass is 9.82. The van der Waals surface area contributed by atoms with Gasteiger partial charge < -0.3 is 15.2 Å². The number of carboxylic acids is 1. The molecule has 2 N–H and O–H groups in total. The fourth-order valence-corrected chi connectivity index (χ4v) is 4.34. The van der Waals surface area contributed by atoms with Gasteiger partial charge in [-0.1, -0.05) is 24.3 Å². The van der Waals surface area contributed by atoms with Gasteiger partial charge in [0, 0.05) is 35.4 Å². The van der Waals surface area contributed by atoms with Crippen molar-refractivity contribution in [1.29, 1.82) is 0 Å². The van der Waals surface area contributed by atoms with Crippen LogP contribution < -0.4 is 10.1 Å². The van der Waals surface area contributed by atoms with E-state index in [9.17, 15) is 14.7 Å². The molecule has 2 atom stereocenters. The van der Waals surface area contributed by atoms with Crippen LogP contribution in [-0.2, 0) is 4.79 Å². The van der Waals surface area contributed by atoms with Gasteiger partial charge in [0.25, 0.3) is 0 Å². The van der Waals surface area contributed by atoms with Crippen LogP contribution in [0.5, 0.6) is 5.75 Å². The lowest BCUT2D eigenvalue weighted by Crippen LogP contribution is -2.38. The van der Waals surface area contributed by atoms with E-state index in [4.69, 9.17) is 4.74 Å². The van der Waals surface area contributed by atoms with Gasteiger partial charge in [0.1, 0.15) is 5.75 Å². The molecule has 2 aromatic carbocycles. The minimum Gasteiger partial charge on any atom is -0.478 e. The molecule has 0 spiro atoms. The van der Waals surface area contributed by atoms with Crippen LogP contribution in [0.2, 0.25) is 0 Å². The number of benzene rings is 2. The normalized spacial score (nSPS) is 19.0. The Morgan fingerprint density at radius 2 is 1.70 bits per heavy atom. The lowest BCUT2D eigenvalue weighted by Gasteiger charge is -2.26. The van der Waals surface area contributed by atoms with Crippen molar-refractivity contribution in [1.82, 2.24) is 5.32 Å². The Bertz CT molecular complexity index is 929. The number of carboxylic acid groups (broad SMARTS) is 1. The first-order valence-electron chi connectivity index (χ1n) is 10.1. The summed E-state index contributed by atoms with van der Waals surface area (Å²) in [7, 11) is 0. The number of rotatable bonds is 7. The third kappa shape index (κ3) is 4.55. The fourth-order valence-electron chi connectivity index (χ4n) is 3.93. The molecule has 2 aromatic rings. The topological polar surface area (TPSA) is 75.6 Å². The summed E-state index contributed by atoms with van der Waals surface area (Å²) in [5.41, 5.74) is 2.26. The van der Waals surface area contributed by atoms with E-state index < -0.39 is 11.6 Å². The van der Waals surface area contributed by atoms with Gasteiger partial charge in [-0.3, -0.25) is 4.79 Å². The quantitative estimate of drug-likeness (QED) is 0.502. The van der Waals surface area contributed by atoms with Crippen LogP contribution in [0, 0.1) is 19.8 Å². The predicted molar refractivity (Wildman–Crippen MR) is 120 cm³/mol. The van der Waals surface area contributed by atoms with Crippen LogP contribution in [0.15, 0.2) is 41.3 Å². The van der Waals surface area contributed by atoms with Crippen molar-refractivity contribution in [3.63, 3.8) is 0 Å². The number of carbonyl (C=O) groups excluding carboxylic acids is 1. The highest BCUT2D eigenvalue weighted by Crippen LogP contribution is 2.36. The summed E-state index contributed by atoms with van der Waals surface area (Å²) >= 11 is 1.66. The highest BCUT2D eigenvalue weighted by atomic mass is 32.2. The van der Waals surface area contributed by atoms with Gasteiger partial charge in [-0.2, -0.15) is 0 Å². The fraction of sp³-hybridized carbons (Fsp3) is 0.417. The standard InChI is InChI=1S/C24H29NO4S/c1-14-10-17(11-15(2)22(14)29-24(3,4)23(27)28)19-12-25-13-20(19)21(26)16-6-8-18(30-5)9-7-16/h6-11,19-20,25H,12-13H2,1-5H3,(H,27,28)/t19-,20+/m1/s1. The third-order valence-corrected chi connectivity index (χ3v) is 6.45. The van der Waals surface area contributed by atoms with E-state index in [-0.39, 0.29) is 17.6 Å². The summed E-state index contributed by atoms with van der Waals surface area (Å²) in [6, 6.07) is 11.8. The van der Waals surface area contributed by atoms with Gasteiger partial charge >= 0.3 is 5.97 Å². The molecule has 1 aliphatic rings. The van der Waals surface area contributed by atoms with Crippen LogP contribution in [0.1, 0.15) is 46.8 Å². The molecule has 1 saturated heterocycles. The number of ether oxygens (including phenoxy) is 1. The number of ketones is 1. The molecular formula is C24H29NO4S. The van der Waals surface area contributed by atoms with Crippen LogP contribution in [0.3, 0.4) is 0 Å². The van der Waals surface area contributed by atoms with Gasteiger partial charge in [-0.05, 0) is 62.8 Å². The number of thioether (sulfide) groups is 1. The molecule has 5 nitrogen and oxygen atoms in total. The van der Waals surface area contributed by atoms with Gasteiger partial charge in [0.05, 0.1) is 0 Å². The maximum atomic E-state index is 13.2. The van der Waals surface area contributed by atoms with Crippen LogP contribution in [0.25, 0.3) is 0 Å². The molecule has 0 unspecified atom stereocenters. The summed E-state index contributed by atoms with van der Waals surface area (Å²) in [6.07, 6.45) is 2.02. The number of hydrogen-bond donors (Lipinski definition) is 2. The zero-order chi connectivity index (χ0) is 22.1. The summed E-state index contributed by atoms with van der Waals surface area (Å²) in [5.74, 6) is -0.334. The van der Waals surface area contributed by atoms with E-state index in [2.05, 4.69) is 5.32 Å². The van der Waals surface area contributed by atoms with Crippen molar-refractivity contribution in [3.8, 4) is 5.75 Å². The van der Waals surface area contributed by atoms with Gasteiger partial charge in [-0.25, -0.2) is 4.79 Å². The smallest absolute Gasteiger partial charge is 0.347 e. The second kappa shape index (κ2) is 8.82. The Kier molecular flexibility index (Phi) is 6.58. The number of aryl methyl sites for hydroxylation is 2. The lowest BCUT2D eigenvalue weighted by molar-refractivity contribution is -0.152. The minimum atomic E-state index is -1.31. The maximum absolute atomic E-state index is 13.2. The maximum Gasteiger partial charge on any atom is 0.347 e. The Morgan fingerprint density at radius 1 is 1.10 bits per heavy atom. The molecule has 30 heavy (non-hydrogen) atoms. The Labute approximate surface area is 182 Å². The molecule has 0 bridgehead atoms. The molecule has 0 saturated carbocycles. The zero-order valence-corrected chi connectivity index (χ0v) is 18.9. The Balaban J connectivity index is 1.87. The van der Waals surface area contributed by atoms with Crippen molar-refractivity contribution in [3.05, 3.63) is 58.7 Å². The Morgan fingerprint density at radius 3 is 2.23 bits per heavy atom. The zero-order valence-electron chi connectivity index (χ0n) is 18.1. The van der Waals surface area contributed by atoms with Crippen molar-refractivity contribution in [2.45, 2.75) is 44.1 Å². The van der Waals surface area contributed by atoms with Crippen LogP contribution >= 0.6 is 11.8 Å². The van der Waals surface area contributed by atoms with Crippen molar-refractivity contribution in [2.24, 2.45) is 5.92 Å². The first-order chi connectivity index (χ1) is 14.1. The first-order valence-corrected chi connectivity index (χ1v) is 11.3. The molecule has 0 radical (unpaired) electrons. The second-order valence-electron chi connectivity index (χ2n) is 8.37. The molecule has 1 heterocycles. The minimum absolute atomic E-state index is 0.0664. The molecule has 6 heteroatoms. The summed E-state index contributed by atoms with van der Waals surface area (Å²) < 4.78 is 5.82. The molecule has 0 aromatic heterocycles. The van der Waals surface area contributed by atoms with E-state index in [1.54, 1.807) is 25.6 Å². The largest absolute Gasteiger partial charge is 0.478 e. The summed E-state index contributed by atoms with van der Waals surface area (Å²) in [5, 5.41) is 12.7. The highest BCUT2D eigenvalue weighted by molar-refractivity contribution is 7.98. The summed E-state index contributed by atoms with van der Waals surface area (Å²) in [6.45, 7) is 8.31. The number of nitrogens with one attached hydrogen (secondary N) is 1. The number of aliphatic carboxylic acids is 1. The monoisotopic (exact) mass is 427 g/mol. The van der Waals surface area contributed by atoms with Crippen molar-refractivity contribution >= 4 is 23.5 Å². The second-order valence-corrected chi connectivity index (χ2v) is 9.24. The van der Waals surface area contributed by atoms with E-state index in [1.165, 1.54) is 0 Å². The number of carbonyl (C=O) groups is 2. The SMILES string of the molecule is CSc1ccc(C(=O)[C@H]2CNC[C@@H]2c2cc(C)c(OC(C)(C)C(=O)O)c(C)c2)cc1. The van der Waals surface area contributed by atoms with Crippen LogP contribution in [0.4, 0.5) is 0 Å². The van der Waals surface area contributed by atoms with Crippen LogP contribution in [-0.4, -0.2) is 41.8 Å². The van der Waals surface area contributed by atoms with E-state index in [0.29, 0.717) is 12.3 Å². The Hall–Kier alpha value is -2.31. The molecule has 3 rings (SSSR count). The van der Waals surface area contributed by atoms with Gasteiger partial charge in [0.2, 0.25) is 0 Å². The highest BCUT2D eigenvalue weighted by Gasteiger charge is 2.35. The molecule has 1 fully saturated rings. The van der Waals surface area contributed by atoms with Gasteiger partial charge in [0.15, 0.2) is 11.4 Å². The predicted octanol–water partition coefficient (Wildman–Crippen LogP) is 4.45. The number of Topliss-reactive ketones (excluding diaryl/α,β-unsaturated/α-hetero) is 1. The average molecular weight is 428 g/mol. The molecule has 1 aliphatic heterocycles. The van der Waals surface area contributed by atoms with Gasteiger partial charge in [-0.15, -0.1) is 11.8 Å². The average Bonchev–Trinajstić information content (AvgIpc) is 3.20. The van der Waals surface area contributed by atoms with E-state index >= 15 is 0 Å². The molecule has 0 aliphatic carbocycles.